The zero-order valence-corrected chi connectivity index (χ0v) is 17.9. The van der Waals surface area contributed by atoms with Crippen molar-refractivity contribution in [2.75, 3.05) is 13.1 Å². The van der Waals surface area contributed by atoms with Gasteiger partial charge >= 0.3 is 0 Å². The lowest BCUT2D eigenvalue weighted by Crippen LogP contribution is -2.41. The van der Waals surface area contributed by atoms with E-state index >= 15 is 0 Å². The van der Waals surface area contributed by atoms with Gasteiger partial charge in [0.05, 0.1) is 26.7 Å². The van der Waals surface area contributed by atoms with E-state index in [1.165, 1.54) is 17.4 Å². The Morgan fingerprint density at radius 2 is 2.17 bits per heavy atom. The van der Waals surface area contributed by atoms with Crippen LogP contribution in [0.5, 0.6) is 0 Å². The molecule has 1 N–H and O–H groups in total. The molecule has 3 atom stereocenters. The number of thiophene rings is 1. The molecule has 1 aliphatic rings. The molecule has 0 spiro atoms. The first-order chi connectivity index (χ1) is 13.9. The Labute approximate surface area is 178 Å². The van der Waals surface area contributed by atoms with Gasteiger partial charge in [0.1, 0.15) is 5.82 Å². The quantitative estimate of drug-likeness (QED) is 0.568. The maximum absolute atomic E-state index is 13.8. The van der Waals surface area contributed by atoms with Gasteiger partial charge in [-0.15, -0.1) is 11.3 Å². The van der Waals surface area contributed by atoms with E-state index in [4.69, 9.17) is 11.6 Å². The summed E-state index contributed by atoms with van der Waals surface area (Å²) in [4.78, 5) is 14.7. The molecule has 0 aliphatic carbocycles. The third-order valence-electron chi connectivity index (χ3n) is 5.68. The van der Waals surface area contributed by atoms with E-state index < -0.39 is 0 Å². The molecule has 29 heavy (non-hydrogen) atoms. The van der Waals surface area contributed by atoms with Crippen LogP contribution in [0.4, 0.5) is 4.39 Å². The molecule has 7 heteroatoms. The lowest BCUT2D eigenvalue weighted by molar-refractivity contribution is 0.0939. The molecule has 152 valence electrons. The Bertz CT molecular complexity index is 1010. The third kappa shape index (κ3) is 4.15. The summed E-state index contributed by atoms with van der Waals surface area (Å²) in [6.45, 7) is 3.78. The summed E-state index contributed by atoms with van der Waals surface area (Å²) >= 11 is 7.68. The van der Waals surface area contributed by atoms with Gasteiger partial charge in [-0.1, -0.05) is 30.7 Å². The number of carbonyl (C=O) groups is 1. The van der Waals surface area contributed by atoms with Crippen molar-refractivity contribution in [1.29, 1.82) is 0 Å². The highest BCUT2D eigenvalue weighted by Crippen LogP contribution is 2.38. The SMILES string of the molecule is C[C@H]1CNC[C@@H](CC(=O)c2ccc(-c3c(Cl)cnn3C)s2)[C@@H]1c1cccc(F)c1. The third-order valence-corrected chi connectivity index (χ3v) is 7.09. The van der Waals surface area contributed by atoms with E-state index in [-0.39, 0.29) is 23.4 Å². The number of aryl methyl sites for hydroxylation is 1. The van der Waals surface area contributed by atoms with Gasteiger partial charge < -0.3 is 5.32 Å². The molecule has 3 aromatic rings. The van der Waals surface area contributed by atoms with Gasteiger partial charge in [-0.05, 0) is 60.7 Å². The van der Waals surface area contributed by atoms with E-state index in [9.17, 15) is 9.18 Å². The normalized spacial score (nSPS) is 22.0. The van der Waals surface area contributed by atoms with E-state index in [1.807, 2.05) is 25.2 Å². The molecule has 1 aliphatic heterocycles. The summed E-state index contributed by atoms with van der Waals surface area (Å²) in [5.41, 5.74) is 1.80. The number of hydrogen-bond donors (Lipinski definition) is 1. The molecule has 0 bridgehead atoms. The maximum Gasteiger partial charge on any atom is 0.173 e. The van der Waals surface area contributed by atoms with Gasteiger partial charge in [-0.25, -0.2) is 4.39 Å². The van der Waals surface area contributed by atoms with E-state index in [0.29, 0.717) is 22.2 Å². The first-order valence-electron chi connectivity index (χ1n) is 9.71. The van der Waals surface area contributed by atoms with Crippen LogP contribution in [0, 0.1) is 17.7 Å². The standard InChI is InChI=1S/C22H23ClFN3OS/c1-13-10-25-11-15(21(13)14-4-3-5-16(24)8-14)9-18(28)19-6-7-20(29-19)22-17(23)12-26-27(22)2/h3-8,12-13,15,21,25H,9-11H2,1-2H3/t13-,15+,21-/m0/s1. The first-order valence-corrected chi connectivity index (χ1v) is 10.9. The van der Waals surface area contributed by atoms with Gasteiger partial charge in [-0.2, -0.15) is 5.10 Å². The smallest absolute Gasteiger partial charge is 0.173 e. The Morgan fingerprint density at radius 1 is 1.34 bits per heavy atom. The number of benzene rings is 1. The van der Waals surface area contributed by atoms with Gasteiger partial charge in [0.25, 0.3) is 0 Å². The highest BCUT2D eigenvalue weighted by Gasteiger charge is 2.33. The number of halogens is 2. The van der Waals surface area contributed by atoms with Gasteiger partial charge in [0, 0.05) is 13.5 Å². The number of aromatic nitrogens is 2. The monoisotopic (exact) mass is 431 g/mol. The minimum absolute atomic E-state index is 0.113. The molecular formula is C22H23ClFN3OS. The van der Waals surface area contributed by atoms with Crippen molar-refractivity contribution in [2.45, 2.75) is 19.3 Å². The van der Waals surface area contributed by atoms with Crippen LogP contribution in [0.2, 0.25) is 5.02 Å². The van der Waals surface area contributed by atoms with Crippen LogP contribution >= 0.6 is 22.9 Å². The van der Waals surface area contributed by atoms with Crippen LogP contribution in [0.25, 0.3) is 10.6 Å². The zero-order valence-electron chi connectivity index (χ0n) is 16.4. The minimum atomic E-state index is -0.228. The molecule has 1 fully saturated rings. The fourth-order valence-electron chi connectivity index (χ4n) is 4.37. The molecule has 0 saturated carbocycles. The van der Waals surface area contributed by atoms with Gasteiger partial charge in [0.15, 0.2) is 5.78 Å². The Balaban J connectivity index is 1.55. The molecule has 1 saturated heterocycles. The van der Waals surface area contributed by atoms with E-state index in [0.717, 1.165) is 29.2 Å². The zero-order chi connectivity index (χ0) is 20.5. The van der Waals surface area contributed by atoms with Crippen molar-refractivity contribution in [3.05, 3.63) is 63.9 Å². The van der Waals surface area contributed by atoms with Crippen LogP contribution < -0.4 is 5.32 Å². The maximum atomic E-state index is 13.8. The largest absolute Gasteiger partial charge is 0.316 e. The number of ketones is 1. The summed E-state index contributed by atoms with van der Waals surface area (Å²) in [5.74, 6) is 0.493. The fourth-order valence-corrected chi connectivity index (χ4v) is 5.74. The van der Waals surface area contributed by atoms with Crippen molar-refractivity contribution in [3.8, 4) is 10.6 Å². The summed E-state index contributed by atoms with van der Waals surface area (Å²) in [6.07, 6.45) is 2.04. The Morgan fingerprint density at radius 3 is 2.90 bits per heavy atom. The Kier molecular flexibility index (Phi) is 5.86. The van der Waals surface area contributed by atoms with E-state index in [1.54, 1.807) is 23.0 Å². The number of piperidine rings is 1. The molecule has 0 radical (unpaired) electrons. The molecule has 4 rings (SSSR count). The van der Waals surface area contributed by atoms with Gasteiger partial charge in [-0.3, -0.25) is 9.48 Å². The topological polar surface area (TPSA) is 46.9 Å². The van der Waals surface area contributed by atoms with Crippen molar-refractivity contribution in [3.63, 3.8) is 0 Å². The molecule has 3 heterocycles. The van der Waals surface area contributed by atoms with Crippen LogP contribution in [0.1, 0.15) is 34.5 Å². The molecule has 2 aromatic heterocycles. The summed E-state index contributed by atoms with van der Waals surface area (Å²) in [6, 6.07) is 10.6. The highest BCUT2D eigenvalue weighted by atomic mass is 35.5. The lowest BCUT2D eigenvalue weighted by Gasteiger charge is -2.37. The summed E-state index contributed by atoms with van der Waals surface area (Å²) in [5, 5.41) is 8.17. The second kappa shape index (κ2) is 8.38. The first kappa shape index (κ1) is 20.3. The molecule has 0 amide bonds. The highest BCUT2D eigenvalue weighted by molar-refractivity contribution is 7.17. The Hall–Kier alpha value is -2.02. The van der Waals surface area contributed by atoms with Crippen LogP contribution in [-0.2, 0) is 7.05 Å². The van der Waals surface area contributed by atoms with Crippen LogP contribution in [-0.4, -0.2) is 28.7 Å². The fraction of sp³-hybridized carbons (Fsp3) is 0.364. The number of Topliss-reactive ketones (excluding diaryl/α,β-unsaturated/α-hetero) is 1. The second-order valence-corrected chi connectivity index (χ2v) is 9.22. The predicted octanol–water partition coefficient (Wildman–Crippen LogP) is 5.15. The van der Waals surface area contributed by atoms with Gasteiger partial charge in [0.2, 0.25) is 0 Å². The van der Waals surface area contributed by atoms with Crippen molar-refractivity contribution in [2.24, 2.45) is 18.9 Å². The van der Waals surface area contributed by atoms with E-state index in [2.05, 4.69) is 17.3 Å². The number of rotatable bonds is 5. The number of carbonyl (C=O) groups excluding carboxylic acids is 1. The second-order valence-electron chi connectivity index (χ2n) is 7.73. The minimum Gasteiger partial charge on any atom is -0.316 e. The summed E-state index contributed by atoms with van der Waals surface area (Å²) < 4.78 is 15.5. The van der Waals surface area contributed by atoms with Crippen LogP contribution in [0.3, 0.4) is 0 Å². The average molecular weight is 432 g/mol. The average Bonchev–Trinajstić information content (AvgIpc) is 3.28. The van der Waals surface area contributed by atoms with Crippen LogP contribution in [0.15, 0.2) is 42.6 Å². The van der Waals surface area contributed by atoms with Crippen molar-refractivity contribution >= 4 is 28.7 Å². The molecule has 4 nitrogen and oxygen atoms in total. The van der Waals surface area contributed by atoms with Crippen molar-refractivity contribution in [1.82, 2.24) is 15.1 Å². The molecule has 0 unspecified atom stereocenters. The lowest BCUT2D eigenvalue weighted by atomic mass is 9.73. The number of hydrogen-bond acceptors (Lipinski definition) is 4. The number of nitrogens with zero attached hydrogens (tertiary/aromatic N) is 2. The molecular weight excluding hydrogens is 409 g/mol. The predicted molar refractivity (Wildman–Crippen MR) is 115 cm³/mol. The molecule has 1 aromatic carbocycles. The van der Waals surface area contributed by atoms with Crippen molar-refractivity contribution < 1.29 is 9.18 Å². The number of nitrogens with one attached hydrogen (secondary N) is 1. The summed E-state index contributed by atoms with van der Waals surface area (Å²) in [7, 11) is 1.83.